The summed E-state index contributed by atoms with van der Waals surface area (Å²) < 4.78 is 66.4. The van der Waals surface area contributed by atoms with Gasteiger partial charge in [0.2, 0.25) is 5.88 Å². The van der Waals surface area contributed by atoms with Crippen LogP contribution in [0.5, 0.6) is 5.88 Å². The number of amides is 1. The largest absolute Gasteiger partial charge is 0.534 e. The molecule has 1 atom stereocenters. The third kappa shape index (κ3) is 3.60. The van der Waals surface area contributed by atoms with Gasteiger partial charge in [0, 0.05) is 36.3 Å². The zero-order valence-corrected chi connectivity index (χ0v) is 17.2. The molecule has 0 fully saturated rings. The van der Waals surface area contributed by atoms with E-state index in [1.165, 1.54) is 11.9 Å². The van der Waals surface area contributed by atoms with Crippen molar-refractivity contribution in [1.82, 2.24) is 19.7 Å². The molecule has 1 aromatic carbocycles. The van der Waals surface area contributed by atoms with Gasteiger partial charge in [0.25, 0.3) is 5.91 Å². The van der Waals surface area contributed by atoms with Crippen molar-refractivity contribution in [2.24, 2.45) is 7.05 Å². The number of nitrogens with zero attached hydrogens (tertiary/aromatic N) is 4. The molecule has 0 spiro atoms. The molecule has 0 bridgehead atoms. The molecule has 8 nitrogen and oxygen atoms in total. The second-order valence-corrected chi connectivity index (χ2v) is 8.65. The van der Waals surface area contributed by atoms with Crippen LogP contribution in [-0.2, 0) is 23.6 Å². The molecular formula is C19H17F3N4O4S. The Morgan fingerprint density at radius 1 is 1.26 bits per heavy atom. The highest BCUT2D eigenvalue weighted by atomic mass is 32.2. The van der Waals surface area contributed by atoms with Gasteiger partial charge < -0.3 is 9.08 Å². The number of benzene rings is 1. The number of alkyl halides is 3. The van der Waals surface area contributed by atoms with Crippen LogP contribution in [-0.4, -0.2) is 46.0 Å². The van der Waals surface area contributed by atoms with Crippen molar-refractivity contribution in [3.05, 3.63) is 53.3 Å². The summed E-state index contributed by atoms with van der Waals surface area (Å²) in [6, 6.07) is 8.10. The molecule has 0 saturated carbocycles. The number of carbonyl (C=O) groups is 1. The van der Waals surface area contributed by atoms with Crippen molar-refractivity contribution in [3.63, 3.8) is 0 Å². The number of rotatable bonds is 3. The van der Waals surface area contributed by atoms with Gasteiger partial charge in [-0.1, -0.05) is 6.07 Å². The molecule has 0 aliphatic carbocycles. The third-order valence-corrected chi connectivity index (χ3v) is 6.11. The summed E-state index contributed by atoms with van der Waals surface area (Å²) in [5, 5.41) is 4.93. The highest BCUT2D eigenvalue weighted by molar-refractivity contribution is 7.87. The first-order chi connectivity index (χ1) is 14.5. The zero-order chi connectivity index (χ0) is 22.6. The molecule has 2 aromatic heterocycles. The van der Waals surface area contributed by atoms with Crippen LogP contribution in [0.2, 0.25) is 0 Å². The van der Waals surface area contributed by atoms with E-state index in [4.69, 9.17) is 0 Å². The van der Waals surface area contributed by atoms with Gasteiger partial charge in [-0.05, 0) is 37.6 Å². The third-order valence-electron chi connectivity index (χ3n) is 5.17. The Morgan fingerprint density at radius 3 is 2.71 bits per heavy atom. The van der Waals surface area contributed by atoms with E-state index in [0.29, 0.717) is 5.56 Å². The van der Waals surface area contributed by atoms with E-state index in [1.54, 1.807) is 37.4 Å². The van der Waals surface area contributed by atoms with Gasteiger partial charge in [-0.2, -0.15) is 26.7 Å². The van der Waals surface area contributed by atoms with Crippen molar-refractivity contribution < 1.29 is 30.6 Å². The Bertz CT molecular complexity index is 1290. The average Bonchev–Trinajstić information content (AvgIpc) is 3.02. The number of pyridine rings is 1. The molecule has 3 heterocycles. The van der Waals surface area contributed by atoms with Gasteiger partial charge in [0.05, 0.1) is 17.3 Å². The number of halogens is 3. The first-order valence-corrected chi connectivity index (χ1v) is 10.6. The highest BCUT2D eigenvalue weighted by Gasteiger charge is 2.50. The molecule has 12 heteroatoms. The summed E-state index contributed by atoms with van der Waals surface area (Å²) in [7, 11) is -4.55. The second-order valence-electron chi connectivity index (χ2n) is 7.11. The minimum Gasteiger partial charge on any atom is -0.355 e. The highest BCUT2D eigenvalue weighted by Crippen LogP contribution is 2.37. The Morgan fingerprint density at radius 2 is 2.00 bits per heavy atom. The van der Waals surface area contributed by atoms with Crippen molar-refractivity contribution in [2.45, 2.75) is 24.9 Å². The van der Waals surface area contributed by atoms with Crippen LogP contribution in [0.1, 0.15) is 34.6 Å². The van der Waals surface area contributed by atoms with Crippen LogP contribution >= 0.6 is 0 Å². The maximum atomic E-state index is 13.1. The van der Waals surface area contributed by atoms with Crippen LogP contribution in [0.3, 0.4) is 0 Å². The lowest BCUT2D eigenvalue weighted by Gasteiger charge is -2.32. The molecule has 164 valence electrons. The predicted octanol–water partition coefficient (Wildman–Crippen LogP) is 2.96. The van der Waals surface area contributed by atoms with E-state index in [0.717, 1.165) is 15.6 Å². The number of hydrogen-bond acceptors (Lipinski definition) is 6. The number of aryl methyl sites for hydroxylation is 1. The molecule has 1 aliphatic heterocycles. The maximum absolute atomic E-state index is 13.1. The summed E-state index contributed by atoms with van der Waals surface area (Å²) >= 11 is 0. The molecule has 4 rings (SSSR count). The fourth-order valence-electron chi connectivity index (χ4n) is 3.62. The molecule has 0 N–H and O–H groups in total. The van der Waals surface area contributed by atoms with Gasteiger partial charge in [-0.25, -0.2) is 4.68 Å². The fourth-order valence-corrected chi connectivity index (χ4v) is 4.13. The summed E-state index contributed by atoms with van der Waals surface area (Å²) in [6.07, 6.45) is 1.74. The molecule has 0 saturated heterocycles. The van der Waals surface area contributed by atoms with Crippen LogP contribution < -0.4 is 4.18 Å². The SMILES string of the molecule is CC1c2nn(C)c(OS(=O)(=O)C(F)(F)F)c2CCN1C(=O)c1ccc2ncccc2c1. The first-order valence-electron chi connectivity index (χ1n) is 9.22. The van der Waals surface area contributed by atoms with E-state index < -0.39 is 27.5 Å². The number of fused-ring (bicyclic) bond motifs is 2. The van der Waals surface area contributed by atoms with Crippen molar-refractivity contribution in [2.75, 3.05) is 6.54 Å². The lowest BCUT2D eigenvalue weighted by atomic mass is 9.99. The predicted molar refractivity (Wildman–Crippen MR) is 104 cm³/mol. The molecule has 0 radical (unpaired) electrons. The summed E-state index contributed by atoms with van der Waals surface area (Å²) in [5.41, 5.74) is -3.86. The Hall–Kier alpha value is -3.15. The van der Waals surface area contributed by atoms with E-state index in [-0.39, 0.29) is 30.1 Å². The molecule has 1 unspecified atom stereocenters. The second kappa shape index (κ2) is 7.22. The number of aromatic nitrogens is 3. The van der Waals surface area contributed by atoms with Crippen LogP contribution in [0.15, 0.2) is 36.5 Å². The van der Waals surface area contributed by atoms with E-state index in [2.05, 4.69) is 14.3 Å². The minimum atomic E-state index is -5.84. The van der Waals surface area contributed by atoms with Gasteiger partial charge in [0.15, 0.2) is 0 Å². The lowest BCUT2D eigenvalue weighted by Crippen LogP contribution is -2.39. The van der Waals surface area contributed by atoms with Gasteiger partial charge in [0.1, 0.15) is 0 Å². The molecule has 1 aliphatic rings. The number of carbonyl (C=O) groups excluding carboxylic acids is 1. The molecule has 31 heavy (non-hydrogen) atoms. The molecule has 3 aromatic rings. The van der Waals surface area contributed by atoms with E-state index in [9.17, 15) is 26.4 Å². The van der Waals surface area contributed by atoms with Gasteiger partial charge in [-0.15, -0.1) is 0 Å². The van der Waals surface area contributed by atoms with Crippen LogP contribution in [0, 0.1) is 0 Å². The van der Waals surface area contributed by atoms with E-state index >= 15 is 0 Å². The monoisotopic (exact) mass is 454 g/mol. The van der Waals surface area contributed by atoms with Gasteiger partial charge >= 0.3 is 15.6 Å². The van der Waals surface area contributed by atoms with E-state index in [1.807, 2.05) is 6.07 Å². The minimum absolute atomic E-state index is 0.0943. The maximum Gasteiger partial charge on any atom is 0.534 e. The topological polar surface area (TPSA) is 94.4 Å². The summed E-state index contributed by atoms with van der Waals surface area (Å²) in [4.78, 5) is 18.9. The zero-order valence-electron chi connectivity index (χ0n) is 16.4. The van der Waals surface area contributed by atoms with Gasteiger partial charge in [-0.3, -0.25) is 9.78 Å². The summed E-state index contributed by atoms with van der Waals surface area (Å²) in [6.45, 7) is 1.83. The normalized spacial score (nSPS) is 16.9. The van der Waals surface area contributed by atoms with Crippen LogP contribution in [0.4, 0.5) is 13.2 Å². The average molecular weight is 454 g/mol. The Kier molecular flexibility index (Phi) is 4.91. The van der Waals surface area contributed by atoms with Crippen molar-refractivity contribution >= 4 is 26.9 Å². The fraction of sp³-hybridized carbons (Fsp3) is 0.316. The first kappa shape index (κ1) is 21.1. The quantitative estimate of drug-likeness (QED) is 0.446. The Balaban J connectivity index is 1.64. The lowest BCUT2D eigenvalue weighted by molar-refractivity contribution is -0.0502. The number of hydrogen-bond donors (Lipinski definition) is 0. The smallest absolute Gasteiger partial charge is 0.355 e. The summed E-state index contributed by atoms with van der Waals surface area (Å²) in [5.74, 6) is -0.775. The Labute approximate surface area is 175 Å². The van der Waals surface area contributed by atoms with Crippen molar-refractivity contribution in [3.8, 4) is 5.88 Å². The van der Waals surface area contributed by atoms with Crippen molar-refractivity contribution in [1.29, 1.82) is 0 Å². The molecule has 1 amide bonds. The van der Waals surface area contributed by atoms with Crippen LogP contribution in [0.25, 0.3) is 10.9 Å². The standard InChI is InChI=1S/C19H17F3N4O4S/c1-11-16-14(18(25(2)24-16)30-31(28,29)19(20,21)22)7-9-26(11)17(27)13-5-6-15-12(10-13)4-3-8-23-15/h3-6,8,10-11H,7,9H2,1-2H3. The molecular weight excluding hydrogens is 437 g/mol.